The van der Waals surface area contributed by atoms with E-state index in [1.54, 1.807) is 7.11 Å². The summed E-state index contributed by atoms with van der Waals surface area (Å²) in [4.78, 5) is 8.91. The van der Waals surface area contributed by atoms with Crippen molar-refractivity contribution < 1.29 is 4.74 Å². The van der Waals surface area contributed by atoms with Crippen molar-refractivity contribution in [3.05, 3.63) is 17.6 Å². The molecule has 1 unspecified atom stereocenters. The quantitative estimate of drug-likeness (QED) is 0.816. The Morgan fingerprint density at radius 3 is 2.95 bits per heavy atom. The van der Waals surface area contributed by atoms with Gasteiger partial charge >= 0.3 is 0 Å². The van der Waals surface area contributed by atoms with Crippen molar-refractivity contribution in [3.63, 3.8) is 0 Å². The Labute approximate surface area is 115 Å². The zero-order valence-corrected chi connectivity index (χ0v) is 12.1. The van der Waals surface area contributed by atoms with Crippen LogP contribution in [0, 0.1) is 6.92 Å². The van der Waals surface area contributed by atoms with Gasteiger partial charge in [-0.2, -0.15) is 0 Å². The van der Waals surface area contributed by atoms with Crippen LogP contribution < -0.4 is 10.6 Å². The van der Waals surface area contributed by atoms with Gasteiger partial charge in [0.2, 0.25) is 0 Å². The summed E-state index contributed by atoms with van der Waals surface area (Å²) in [6.45, 7) is 6.70. The third-order valence-corrected chi connectivity index (χ3v) is 3.58. The van der Waals surface area contributed by atoms with E-state index in [1.165, 1.54) is 6.42 Å². The lowest BCUT2D eigenvalue weighted by molar-refractivity contribution is 0.127. The Kier molecular flexibility index (Phi) is 4.71. The van der Waals surface area contributed by atoms with E-state index in [4.69, 9.17) is 4.74 Å². The van der Waals surface area contributed by atoms with E-state index >= 15 is 0 Å². The monoisotopic (exact) mass is 264 g/mol. The predicted molar refractivity (Wildman–Crippen MR) is 76.5 cm³/mol. The molecule has 1 aliphatic rings. The Morgan fingerprint density at radius 2 is 2.32 bits per heavy atom. The lowest BCUT2D eigenvalue weighted by atomic mass is 9.99. The highest BCUT2D eigenvalue weighted by atomic mass is 16.5. The van der Waals surface area contributed by atoms with Gasteiger partial charge < -0.3 is 15.4 Å². The molecule has 1 fully saturated rings. The van der Waals surface area contributed by atoms with Gasteiger partial charge in [0.25, 0.3) is 0 Å². The van der Waals surface area contributed by atoms with E-state index in [0.29, 0.717) is 0 Å². The van der Waals surface area contributed by atoms with E-state index in [-0.39, 0.29) is 5.54 Å². The van der Waals surface area contributed by atoms with Crippen LogP contribution in [-0.2, 0) is 11.2 Å². The molecule has 2 rings (SSSR count). The fourth-order valence-corrected chi connectivity index (χ4v) is 2.61. The molecular weight excluding hydrogens is 240 g/mol. The number of nitrogens with zero attached hydrogens (tertiary/aromatic N) is 2. The molecule has 0 spiro atoms. The minimum Gasteiger partial charge on any atom is -0.383 e. The number of anilines is 1. The van der Waals surface area contributed by atoms with Gasteiger partial charge in [-0.1, -0.05) is 6.92 Å². The molecule has 0 radical (unpaired) electrons. The van der Waals surface area contributed by atoms with Crippen LogP contribution in [0.15, 0.2) is 6.07 Å². The molecule has 19 heavy (non-hydrogen) atoms. The van der Waals surface area contributed by atoms with Gasteiger partial charge in [0.15, 0.2) is 0 Å². The number of hydrogen-bond acceptors (Lipinski definition) is 5. The van der Waals surface area contributed by atoms with Crippen molar-refractivity contribution in [1.82, 2.24) is 15.3 Å². The molecule has 0 aromatic carbocycles. The largest absolute Gasteiger partial charge is 0.383 e. The second-order valence-electron chi connectivity index (χ2n) is 5.26. The van der Waals surface area contributed by atoms with Crippen molar-refractivity contribution in [2.24, 2.45) is 0 Å². The number of rotatable bonds is 6. The molecule has 0 saturated carbocycles. The second kappa shape index (κ2) is 6.30. The third-order valence-electron chi connectivity index (χ3n) is 3.58. The van der Waals surface area contributed by atoms with Crippen LogP contribution in [0.3, 0.4) is 0 Å². The lowest BCUT2D eigenvalue weighted by Crippen LogP contribution is -2.49. The molecule has 1 aromatic rings. The first-order chi connectivity index (χ1) is 9.17. The van der Waals surface area contributed by atoms with Crippen LogP contribution in [0.2, 0.25) is 0 Å². The number of aryl methyl sites for hydroxylation is 2. The van der Waals surface area contributed by atoms with Crippen molar-refractivity contribution in [2.75, 3.05) is 32.1 Å². The minimum absolute atomic E-state index is 0.0416. The topological polar surface area (TPSA) is 59.1 Å². The molecule has 5 nitrogen and oxygen atoms in total. The smallest absolute Gasteiger partial charge is 0.130 e. The van der Waals surface area contributed by atoms with Crippen LogP contribution in [-0.4, -0.2) is 42.3 Å². The molecule has 1 saturated heterocycles. The highest BCUT2D eigenvalue weighted by Gasteiger charge is 2.33. The van der Waals surface area contributed by atoms with Crippen LogP contribution in [0.25, 0.3) is 0 Å². The van der Waals surface area contributed by atoms with Gasteiger partial charge in [-0.25, -0.2) is 9.97 Å². The maximum Gasteiger partial charge on any atom is 0.130 e. The SMILES string of the molecule is CCc1nc(C)cc(NCC2(COC)CCCN2)n1. The zero-order valence-electron chi connectivity index (χ0n) is 12.1. The van der Waals surface area contributed by atoms with Crippen molar-refractivity contribution in [1.29, 1.82) is 0 Å². The maximum absolute atomic E-state index is 5.35. The summed E-state index contributed by atoms with van der Waals surface area (Å²) >= 11 is 0. The second-order valence-corrected chi connectivity index (χ2v) is 5.26. The molecule has 1 aliphatic heterocycles. The molecule has 0 amide bonds. The fourth-order valence-electron chi connectivity index (χ4n) is 2.61. The Hall–Kier alpha value is -1.20. The van der Waals surface area contributed by atoms with Gasteiger partial charge in [0.1, 0.15) is 11.6 Å². The number of nitrogens with one attached hydrogen (secondary N) is 2. The summed E-state index contributed by atoms with van der Waals surface area (Å²) in [7, 11) is 1.76. The Morgan fingerprint density at radius 1 is 1.47 bits per heavy atom. The lowest BCUT2D eigenvalue weighted by Gasteiger charge is -2.29. The summed E-state index contributed by atoms with van der Waals surface area (Å²) < 4.78 is 5.35. The summed E-state index contributed by atoms with van der Waals surface area (Å²) in [5, 5.41) is 6.99. The molecule has 0 aliphatic carbocycles. The number of methoxy groups -OCH3 is 1. The molecule has 106 valence electrons. The van der Waals surface area contributed by atoms with Gasteiger partial charge in [-0.05, 0) is 26.3 Å². The van der Waals surface area contributed by atoms with Crippen molar-refractivity contribution in [2.45, 2.75) is 38.6 Å². The van der Waals surface area contributed by atoms with E-state index < -0.39 is 0 Å². The number of hydrogen-bond donors (Lipinski definition) is 2. The van der Waals surface area contributed by atoms with E-state index in [2.05, 4.69) is 27.5 Å². The third kappa shape index (κ3) is 3.64. The van der Waals surface area contributed by atoms with Gasteiger partial charge in [0, 0.05) is 31.8 Å². The molecule has 1 atom stereocenters. The first-order valence-electron chi connectivity index (χ1n) is 7.00. The first kappa shape index (κ1) is 14.2. The van der Waals surface area contributed by atoms with E-state index in [1.807, 2.05) is 13.0 Å². The summed E-state index contributed by atoms with van der Waals surface area (Å²) in [5.74, 6) is 1.80. The van der Waals surface area contributed by atoms with Crippen LogP contribution in [0.4, 0.5) is 5.82 Å². The molecule has 0 bridgehead atoms. The molecule has 5 heteroatoms. The molecule has 2 heterocycles. The Bertz CT molecular complexity index is 416. The van der Waals surface area contributed by atoms with E-state index in [9.17, 15) is 0 Å². The predicted octanol–water partition coefficient (Wildman–Crippen LogP) is 1.53. The summed E-state index contributed by atoms with van der Waals surface area (Å²) in [6.07, 6.45) is 3.20. The fraction of sp³-hybridized carbons (Fsp3) is 0.714. The minimum atomic E-state index is 0.0416. The molecule has 2 N–H and O–H groups in total. The van der Waals surface area contributed by atoms with E-state index in [0.717, 1.165) is 49.9 Å². The number of ether oxygens (including phenoxy) is 1. The zero-order chi connectivity index (χ0) is 13.7. The summed E-state index contributed by atoms with van der Waals surface area (Å²) in [6, 6.07) is 1.99. The highest BCUT2D eigenvalue weighted by Crippen LogP contribution is 2.20. The van der Waals surface area contributed by atoms with Crippen LogP contribution in [0.1, 0.15) is 31.3 Å². The summed E-state index contributed by atoms with van der Waals surface area (Å²) in [5.41, 5.74) is 1.05. The first-order valence-corrected chi connectivity index (χ1v) is 7.00. The van der Waals surface area contributed by atoms with Crippen molar-refractivity contribution in [3.8, 4) is 0 Å². The van der Waals surface area contributed by atoms with Gasteiger partial charge in [-0.3, -0.25) is 0 Å². The maximum atomic E-state index is 5.35. The molecule has 1 aromatic heterocycles. The standard InChI is InChI=1S/C14H24N4O/c1-4-12-17-11(2)8-13(18-12)15-9-14(10-19-3)6-5-7-16-14/h8,16H,4-7,9-10H2,1-3H3,(H,15,17,18). The average Bonchev–Trinajstić information content (AvgIpc) is 2.85. The Balaban J connectivity index is 2.02. The molecular formula is C14H24N4O. The highest BCUT2D eigenvalue weighted by molar-refractivity contribution is 5.36. The van der Waals surface area contributed by atoms with Gasteiger partial charge in [0.05, 0.1) is 12.1 Å². The average molecular weight is 264 g/mol. The normalized spacial score (nSPS) is 22.7. The van der Waals surface area contributed by atoms with Crippen LogP contribution in [0.5, 0.6) is 0 Å². The van der Waals surface area contributed by atoms with Crippen LogP contribution >= 0.6 is 0 Å². The number of aromatic nitrogens is 2. The van der Waals surface area contributed by atoms with Gasteiger partial charge in [-0.15, -0.1) is 0 Å². The van der Waals surface area contributed by atoms with Crippen molar-refractivity contribution >= 4 is 5.82 Å².